The molecule has 0 bridgehead atoms. The molecular weight excluding hydrogens is 386 g/mol. The maximum Gasteiger partial charge on any atom is 0.221 e. The van der Waals surface area contributed by atoms with Crippen LogP contribution in [0.4, 0.5) is 5.69 Å². The minimum absolute atomic E-state index is 0.119. The predicted molar refractivity (Wildman–Crippen MR) is 107 cm³/mol. The molecule has 2 N–H and O–H groups in total. The number of hydrogen-bond donors (Lipinski definition) is 2. The van der Waals surface area contributed by atoms with E-state index in [0.717, 1.165) is 11.3 Å². The monoisotopic (exact) mass is 401 g/mol. The molecule has 0 unspecified atom stereocenters. The molecule has 1 aromatic heterocycles. The van der Waals surface area contributed by atoms with Crippen LogP contribution in [0, 0.1) is 4.77 Å². The van der Waals surface area contributed by atoms with Crippen molar-refractivity contribution in [3.8, 4) is 5.75 Å². The van der Waals surface area contributed by atoms with Gasteiger partial charge in [-0.15, -0.1) is 0 Å². The van der Waals surface area contributed by atoms with Gasteiger partial charge in [0.25, 0.3) is 0 Å². The lowest BCUT2D eigenvalue weighted by molar-refractivity contribution is -0.114. The van der Waals surface area contributed by atoms with E-state index in [4.69, 9.17) is 28.6 Å². The Kier molecular flexibility index (Phi) is 6.00. The average Bonchev–Trinajstić information content (AvgIpc) is 3.00. The molecule has 0 fully saturated rings. The first-order valence-corrected chi connectivity index (χ1v) is 8.76. The van der Waals surface area contributed by atoms with Gasteiger partial charge in [-0.25, -0.2) is 5.10 Å². The van der Waals surface area contributed by atoms with Crippen LogP contribution in [-0.2, 0) is 11.4 Å². The number of halogens is 1. The second-order valence-corrected chi connectivity index (χ2v) is 6.37. The predicted octanol–water partition coefficient (Wildman–Crippen LogP) is 4.01. The summed E-state index contributed by atoms with van der Waals surface area (Å²) < 4.78 is 7.53. The Balaban J connectivity index is 1.70. The first-order chi connectivity index (χ1) is 13.0. The maximum atomic E-state index is 11.1. The smallest absolute Gasteiger partial charge is 0.221 e. The van der Waals surface area contributed by atoms with Gasteiger partial charge in [-0.05, 0) is 54.2 Å². The van der Waals surface area contributed by atoms with Crippen LogP contribution in [0.1, 0.15) is 18.3 Å². The lowest BCUT2D eigenvalue weighted by Gasteiger charge is -2.05. The van der Waals surface area contributed by atoms with E-state index in [1.54, 1.807) is 42.6 Å². The number of hydrogen-bond acceptors (Lipinski definition) is 5. The highest BCUT2D eigenvalue weighted by atomic mass is 35.5. The van der Waals surface area contributed by atoms with Gasteiger partial charge in [0.15, 0.2) is 5.82 Å². The van der Waals surface area contributed by atoms with Crippen LogP contribution in [0.25, 0.3) is 0 Å². The third kappa shape index (κ3) is 5.25. The molecule has 0 aliphatic carbocycles. The second-order valence-electron chi connectivity index (χ2n) is 5.55. The summed E-state index contributed by atoms with van der Waals surface area (Å²) in [5, 5.41) is 14.6. The number of carbonyl (C=O) groups excluding carboxylic acids is 1. The molecule has 3 aromatic rings. The van der Waals surface area contributed by atoms with Crippen molar-refractivity contribution in [1.82, 2.24) is 14.9 Å². The Morgan fingerprint density at radius 3 is 2.67 bits per heavy atom. The minimum Gasteiger partial charge on any atom is -0.486 e. The zero-order chi connectivity index (χ0) is 19.2. The van der Waals surface area contributed by atoms with Gasteiger partial charge in [-0.3, -0.25) is 4.79 Å². The standard InChI is InChI=1S/C18H16ClN5O2S/c1-12(25)21-15-6-2-13(3-7-15)10-20-24-17(22-23-18(24)27)11-26-16-8-4-14(19)5-9-16/h2-10H,11H2,1H3,(H,21,25)(H,23,27)/b20-10-. The third-order valence-corrected chi connectivity index (χ3v) is 3.97. The average molecular weight is 402 g/mol. The van der Waals surface area contributed by atoms with Crippen LogP contribution in [0.3, 0.4) is 0 Å². The molecule has 9 heteroatoms. The lowest BCUT2D eigenvalue weighted by Crippen LogP contribution is -2.05. The SMILES string of the molecule is CC(=O)Nc1ccc(/C=N\n2c(COc3ccc(Cl)cc3)n[nH]c2=S)cc1. The van der Waals surface area contributed by atoms with Gasteiger partial charge < -0.3 is 10.1 Å². The Morgan fingerprint density at radius 2 is 2.00 bits per heavy atom. The summed E-state index contributed by atoms with van der Waals surface area (Å²) in [7, 11) is 0. The molecule has 1 heterocycles. The molecule has 7 nitrogen and oxygen atoms in total. The molecule has 0 saturated heterocycles. The number of carbonyl (C=O) groups is 1. The van der Waals surface area contributed by atoms with Crippen molar-refractivity contribution in [3.05, 3.63) is 69.7 Å². The molecule has 27 heavy (non-hydrogen) atoms. The molecule has 0 radical (unpaired) electrons. The highest BCUT2D eigenvalue weighted by molar-refractivity contribution is 7.71. The summed E-state index contributed by atoms with van der Waals surface area (Å²) in [6.07, 6.45) is 1.65. The van der Waals surface area contributed by atoms with E-state index in [0.29, 0.717) is 21.4 Å². The van der Waals surface area contributed by atoms with Crippen LogP contribution >= 0.6 is 23.8 Å². The van der Waals surface area contributed by atoms with Gasteiger partial charge in [0.1, 0.15) is 12.4 Å². The van der Waals surface area contributed by atoms with E-state index < -0.39 is 0 Å². The minimum atomic E-state index is -0.119. The summed E-state index contributed by atoms with van der Waals surface area (Å²) in [6.45, 7) is 1.65. The summed E-state index contributed by atoms with van der Waals surface area (Å²) in [5.41, 5.74) is 1.56. The quantitative estimate of drug-likeness (QED) is 0.482. The number of amides is 1. The Hall–Kier alpha value is -2.97. The molecule has 0 aliphatic rings. The number of anilines is 1. The fourth-order valence-corrected chi connectivity index (χ4v) is 2.52. The number of nitrogens with zero attached hydrogens (tertiary/aromatic N) is 3. The third-order valence-electron chi connectivity index (χ3n) is 3.45. The molecule has 0 saturated carbocycles. The van der Waals surface area contributed by atoms with Crippen LogP contribution < -0.4 is 10.1 Å². The Labute approximate surface area is 165 Å². The largest absolute Gasteiger partial charge is 0.486 e. The van der Waals surface area contributed by atoms with E-state index in [1.165, 1.54) is 11.6 Å². The van der Waals surface area contributed by atoms with Crippen molar-refractivity contribution < 1.29 is 9.53 Å². The number of rotatable bonds is 6. The summed E-state index contributed by atoms with van der Waals surface area (Å²) >= 11 is 11.1. The maximum absolute atomic E-state index is 11.1. The molecule has 0 atom stereocenters. The number of benzene rings is 2. The van der Waals surface area contributed by atoms with Crippen LogP contribution in [-0.4, -0.2) is 27.0 Å². The number of ether oxygens (including phenoxy) is 1. The van der Waals surface area contributed by atoms with Gasteiger partial charge >= 0.3 is 0 Å². The zero-order valence-electron chi connectivity index (χ0n) is 14.3. The van der Waals surface area contributed by atoms with Gasteiger partial charge in [0, 0.05) is 17.6 Å². The van der Waals surface area contributed by atoms with Gasteiger partial charge in [-0.2, -0.15) is 14.9 Å². The van der Waals surface area contributed by atoms with Crippen molar-refractivity contribution in [2.24, 2.45) is 5.10 Å². The van der Waals surface area contributed by atoms with Crippen molar-refractivity contribution in [3.63, 3.8) is 0 Å². The van der Waals surface area contributed by atoms with Gasteiger partial charge in [-0.1, -0.05) is 23.7 Å². The first kappa shape index (κ1) is 18.8. The number of aromatic amines is 1. The number of aromatic nitrogens is 3. The van der Waals surface area contributed by atoms with Gasteiger partial charge in [0.2, 0.25) is 10.7 Å². The van der Waals surface area contributed by atoms with Crippen molar-refractivity contribution >= 4 is 41.6 Å². The molecule has 138 valence electrons. The molecule has 2 aromatic carbocycles. The highest BCUT2D eigenvalue weighted by Crippen LogP contribution is 2.16. The Bertz CT molecular complexity index is 1010. The van der Waals surface area contributed by atoms with Crippen molar-refractivity contribution in [1.29, 1.82) is 0 Å². The molecule has 3 rings (SSSR count). The normalized spacial score (nSPS) is 10.9. The highest BCUT2D eigenvalue weighted by Gasteiger charge is 2.06. The molecular formula is C18H16ClN5O2S. The molecule has 0 aliphatic heterocycles. The fourth-order valence-electron chi connectivity index (χ4n) is 2.20. The number of nitrogens with one attached hydrogen (secondary N) is 2. The lowest BCUT2D eigenvalue weighted by atomic mass is 10.2. The fraction of sp³-hybridized carbons (Fsp3) is 0.111. The Morgan fingerprint density at radius 1 is 1.30 bits per heavy atom. The van der Waals surface area contributed by atoms with E-state index in [1.807, 2.05) is 12.1 Å². The van der Waals surface area contributed by atoms with Crippen LogP contribution in [0.2, 0.25) is 5.02 Å². The second kappa shape index (κ2) is 8.61. The summed E-state index contributed by atoms with van der Waals surface area (Å²) in [5.74, 6) is 1.07. The zero-order valence-corrected chi connectivity index (χ0v) is 15.9. The van der Waals surface area contributed by atoms with E-state index in [2.05, 4.69) is 20.6 Å². The van der Waals surface area contributed by atoms with E-state index in [-0.39, 0.29) is 12.5 Å². The van der Waals surface area contributed by atoms with E-state index >= 15 is 0 Å². The van der Waals surface area contributed by atoms with E-state index in [9.17, 15) is 4.79 Å². The summed E-state index contributed by atoms with van der Waals surface area (Å²) in [4.78, 5) is 11.1. The van der Waals surface area contributed by atoms with Crippen LogP contribution in [0.15, 0.2) is 53.6 Å². The first-order valence-electron chi connectivity index (χ1n) is 7.98. The van der Waals surface area contributed by atoms with Crippen LogP contribution in [0.5, 0.6) is 5.75 Å². The molecule has 0 spiro atoms. The van der Waals surface area contributed by atoms with Gasteiger partial charge in [0.05, 0.1) is 6.21 Å². The van der Waals surface area contributed by atoms with Crippen molar-refractivity contribution in [2.45, 2.75) is 13.5 Å². The molecule has 1 amide bonds. The number of H-pyrrole nitrogens is 1. The van der Waals surface area contributed by atoms with Crippen molar-refractivity contribution in [2.75, 3.05) is 5.32 Å². The topological polar surface area (TPSA) is 84.3 Å². The summed E-state index contributed by atoms with van der Waals surface area (Å²) in [6, 6.07) is 14.3.